The summed E-state index contributed by atoms with van der Waals surface area (Å²) in [5, 5.41) is 13.9. The Morgan fingerprint density at radius 1 is 1.22 bits per heavy atom. The van der Waals surface area contributed by atoms with Gasteiger partial charge in [-0.1, -0.05) is 41.6 Å². The van der Waals surface area contributed by atoms with Crippen LogP contribution in [0.2, 0.25) is 0 Å². The maximum absolute atomic E-state index is 12.6. The largest absolute Gasteiger partial charge is 0.465 e. The van der Waals surface area contributed by atoms with Crippen molar-refractivity contribution in [3.63, 3.8) is 0 Å². The maximum Gasteiger partial charge on any atom is 0.341 e. The molecule has 164 valence electrons. The zero-order valence-electron chi connectivity index (χ0n) is 17.6. The second kappa shape index (κ2) is 9.41. The van der Waals surface area contributed by atoms with Crippen LogP contribution in [-0.4, -0.2) is 39.5 Å². The maximum atomic E-state index is 12.6. The Bertz CT molecular complexity index is 1240. The Kier molecular flexibility index (Phi) is 6.42. The highest BCUT2D eigenvalue weighted by atomic mass is 32.2. The third-order valence-electron chi connectivity index (χ3n) is 4.70. The molecule has 0 saturated heterocycles. The number of ether oxygens (including phenoxy) is 1. The van der Waals surface area contributed by atoms with Gasteiger partial charge in [-0.15, -0.1) is 21.5 Å². The van der Waals surface area contributed by atoms with Gasteiger partial charge in [-0.05, 0) is 24.6 Å². The van der Waals surface area contributed by atoms with Gasteiger partial charge in [-0.2, -0.15) is 0 Å². The van der Waals surface area contributed by atoms with Gasteiger partial charge in [0.05, 0.1) is 19.1 Å². The summed E-state index contributed by atoms with van der Waals surface area (Å²) in [6, 6.07) is 11.4. The molecule has 0 aliphatic heterocycles. The molecule has 3 aromatic heterocycles. The van der Waals surface area contributed by atoms with E-state index >= 15 is 0 Å². The Balaban J connectivity index is 1.49. The number of rotatable bonds is 7. The first-order valence-electron chi connectivity index (χ1n) is 9.60. The summed E-state index contributed by atoms with van der Waals surface area (Å²) in [5.41, 5.74) is 3.07. The number of nitrogens with one attached hydrogen (secondary N) is 1. The van der Waals surface area contributed by atoms with Crippen LogP contribution in [-0.2, 0) is 16.6 Å². The van der Waals surface area contributed by atoms with Gasteiger partial charge in [0.15, 0.2) is 16.7 Å². The lowest BCUT2D eigenvalue weighted by Crippen LogP contribution is -2.16. The number of nitrogens with zero attached hydrogens (tertiary/aromatic N) is 3. The van der Waals surface area contributed by atoms with Crippen molar-refractivity contribution in [2.24, 2.45) is 7.05 Å². The predicted molar refractivity (Wildman–Crippen MR) is 124 cm³/mol. The zero-order chi connectivity index (χ0) is 22.7. The molecule has 0 fully saturated rings. The molecule has 1 N–H and O–H groups in total. The normalized spacial score (nSPS) is 10.8. The van der Waals surface area contributed by atoms with Crippen LogP contribution in [0.4, 0.5) is 5.00 Å². The summed E-state index contributed by atoms with van der Waals surface area (Å²) >= 11 is 2.53. The SMILES string of the molecule is COC(=O)c1c(-c2ccc(C)cc2)csc1NC(=O)CSc1nnc(-c2ccco2)n1C. The molecule has 0 unspecified atom stereocenters. The average molecular weight is 469 g/mol. The van der Waals surface area contributed by atoms with Gasteiger partial charge in [0, 0.05) is 18.0 Å². The van der Waals surface area contributed by atoms with Crippen molar-refractivity contribution in [1.82, 2.24) is 14.8 Å². The molecule has 0 spiro atoms. The van der Waals surface area contributed by atoms with E-state index in [0.717, 1.165) is 16.7 Å². The van der Waals surface area contributed by atoms with Crippen LogP contribution >= 0.6 is 23.1 Å². The molecule has 0 atom stereocenters. The lowest BCUT2D eigenvalue weighted by atomic mass is 10.0. The molecule has 10 heteroatoms. The number of benzene rings is 1. The summed E-state index contributed by atoms with van der Waals surface area (Å²) in [6.07, 6.45) is 1.56. The van der Waals surface area contributed by atoms with Crippen molar-refractivity contribution in [1.29, 1.82) is 0 Å². The molecule has 8 nitrogen and oxygen atoms in total. The average Bonchev–Trinajstić information content (AvgIpc) is 3.53. The fraction of sp³-hybridized carbons (Fsp3) is 0.182. The predicted octanol–water partition coefficient (Wildman–Crippen LogP) is 4.63. The Morgan fingerprint density at radius 2 is 2.00 bits per heavy atom. The summed E-state index contributed by atoms with van der Waals surface area (Å²) < 4.78 is 12.1. The van der Waals surface area contributed by atoms with Crippen molar-refractivity contribution < 1.29 is 18.7 Å². The van der Waals surface area contributed by atoms with E-state index in [0.29, 0.717) is 27.3 Å². The summed E-state index contributed by atoms with van der Waals surface area (Å²) in [7, 11) is 3.13. The fourth-order valence-electron chi connectivity index (χ4n) is 3.05. The topological polar surface area (TPSA) is 99.2 Å². The van der Waals surface area contributed by atoms with Crippen molar-refractivity contribution in [2.75, 3.05) is 18.2 Å². The molecule has 32 heavy (non-hydrogen) atoms. The number of anilines is 1. The highest BCUT2D eigenvalue weighted by Crippen LogP contribution is 2.36. The number of hydrogen-bond donors (Lipinski definition) is 1. The van der Waals surface area contributed by atoms with E-state index in [9.17, 15) is 9.59 Å². The molecule has 0 saturated carbocycles. The number of carbonyl (C=O) groups excluding carboxylic acids is 2. The van der Waals surface area contributed by atoms with E-state index in [1.807, 2.05) is 36.6 Å². The molecule has 0 bridgehead atoms. The van der Waals surface area contributed by atoms with E-state index in [-0.39, 0.29) is 11.7 Å². The fourth-order valence-corrected chi connectivity index (χ4v) is 4.74. The molecule has 0 aliphatic rings. The van der Waals surface area contributed by atoms with Gasteiger partial charge in [-0.3, -0.25) is 4.79 Å². The lowest BCUT2D eigenvalue weighted by Gasteiger charge is -2.08. The van der Waals surface area contributed by atoms with Crippen molar-refractivity contribution in [3.8, 4) is 22.7 Å². The molecular weight excluding hydrogens is 448 g/mol. The molecule has 4 rings (SSSR count). The standard InChI is InChI=1S/C22H20N4O4S2/c1-13-6-8-14(9-7-13)15-11-31-20(18(15)21(28)29-3)23-17(27)12-32-22-25-24-19(26(22)2)16-5-4-10-30-16/h4-11H,12H2,1-3H3,(H,23,27). The number of esters is 1. The van der Waals surface area contributed by atoms with Crippen LogP contribution in [0.25, 0.3) is 22.7 Å². The third-order valence-corrected chi connectivity index (χ3v) is 6.62. The minimum Gasteiger partial charge on any atom is -0.465 e. The van der Waals surface area contributed by atoms with E-state index in [1.54, 1.807) is 30.0 Å². The number of thiophene rings is 1. The minimum absolute atomic E-state index is 0.0997. The summed E-state index contributed by atoms with van der Waals surface area (Å²) in [4.78, 5) is 25.1. The Morgan fingerprint density at radius 3 is 2.69 bits per heavy atom. The first kappa shape index (κ1) is 21.8. The first-order valence-corrected chi connectivity index (χ1v) is 11.5. The molecular formula is C22H20N4O4S2. The second-order valence-electron chi connectivity index (χ2n) is 6.89. The van der Waals surface area contributed by atoms with Crippen LogP contribution < -0.4 is 5.32 Å². The highest BCUT2D eigenvalue weighted by Gasteiger charge is 2.23. The van der Waals surface area contributed by atoms with E-state index in [2.05, 4.69) is 15.5 Å². The molecule has 3 heterocycles. The number of methoxy groups -OCH3 is 1. The van der Waals surface area contributed by atoms with Crippen LogP contribution in [0.3, 0.4) is 0 Å². The molecule has 4 aromatic rings. The highest BCUT2D eigenvalue weighted by molar-refractivity contribution is 7.99. The lowest BCUT2D eigenvalue weighted by molar-refractivity contribution is -0.113. The van der Waals surface area contributed by atoms with E-state index < -0.39 is 5.97 Å². The number of hydrogen-bond acceptors (Lipinski definition) is 8. The second-order valence-corrected chi connectivity index (χ2v) is 8.71. The van der Waals surface area contributed by atoms with Crippen LogP contribution in [0.1, 0.15) is 15.9 Å². The Hall–Kier alpha value is -3.37. The summed E-state index contributed by atoms with van der Waals surface area (Å²) in [6.45, 7) is 2.00. The minimum atomic E-state index is -0.499. The molecule has 1 aromatic carbocycles. The number of furan rings is 1. The van der Waals surface area contributed by atoms with Gasteiger partial charge < -0.3 is 19.0 Å². The third kappa shape index (κ3) is 4.46. The van der Waals surface area contributed by atoms with Gasteiger partial charge in [-0.25, -0.2) is 4.79 Å². The number of amides is 1. The van der Waals surface area contributed by atoms with E-state index in [4.69, 9.17) is 9.15 Å². The van der Waals surface area contributed by atoms with Crippen molar-refractivity contribution >= 4 is 40.0 Å². The number of aromatic nitrogens is 3. The number of thioether (sulfide) groups is 1. The van der Waals surface area contributed by atoms with Gasteiger partial charge in [0.25, 0.3) is 0 Å². The van der Waals surface area contributed by atoms with E-state index in [1.165, 1.54) is 30.2 Å². The smallest absolute Gasteiger partial charge is 0.341 e. The van der Waals surface area contributed by atoms with Crippen molar-refractivity contribution in [3.05, 3.63) is 59.2 Å². The van der Waals surface area contributed by atoms with Gasteiger partial charge in [0.1, 0.15) is 10.6 Å². The molecule has 0 radical (unpaired) electrons. The molecule has 0 aliphatic carbocycles. The summed E-state index contributed by atoms with van der Waals surface area (Å²) in [5.74, 6) is 0.511. The first-order chi connectivity index (χ1) is 15.5. The van der Waals surface area contributed by atoms with Gasteiger partial charge >= 0.3 is 5.97 Å². The Labute approximate surface area is 192 Å². The van der Waals surface area contributed by atoms with Crippen LogP contribution in [0.15, 0.2) is 57.6 Å². The zero-order valence-corrected chi connectivity index (χ0v) is 19.3. The quantitative estimate of drug-likeness (QED) is 0.312. The van der Waals surface area contributed by atoms with Crippen LogP contribution in [0.5, 0.6) is 0 Å². The monoisotopic (exact) mass is 468 g/mol. The molecule has 1 amide bonds. The number of carbonyl (C=O) groups is 2. The van der Waals surface area contributed by atoms with Crippen molar-refractivity contribution in [2.45, 2.75) is 12.1 Å². The number of aryl methyl sites for hydroxylation is 1. The van der Waals surface area contributed by atoms with Gasteiger partial charge in [0.2, 0.25) is 5.91 Å². The van der Waals surface area contributed by atoms with Crippen LogP contribution in [0, 0.1) is 6.92 Å².